The molecule has 2 aliphatic heterocycles. The molecule has 2 aliphatic rings. The normalized spacial score (nSPS) is 19.2. The van der Waals surface area contributed by atoms with E-state index in [0.29, 0.717) is 27.4 Å². The van der Waals surface area contributed by atoms with E-state index in [2.05, 4.69) is 0 Å². The molecule has 5 heteroatoms. The Bertz CT molecular complexity index is 771. The Balaban J connectivity index is 1.96. The molecular weight excluding hydrogens is 278 g/mol. The lowest BCUT2D eigenvalue weighted by Crippen LogP contribution is -2.36. The number of fused-ring (bicyclic) bond motifs is 5. The van der Waals surface area contributed by atoms with Gasteiger partial charge in [0.2, 0.25) is 6.23 Å². The van der Waals surface area contributed by atoms with Crippen LogP contribution >= 0.6 is 11.6 Å². The molecule has 1 atom stereocenters. The average molecular weight is 286 g/mol. The smallest absolute Gasteiger partial charge is 0.342 e. The van der Waals surface area contributed by atoms with Gasteiger partial charge in [-0.1, -0.05) is 29.8 Å². The number of carbonyl (C=O) groups is 2. The summed E-state index contributed by atoms with van der Waals surface area (Å²) in [5.41, 5.74) is 2.12. The van der Waals surface area contributed by atoms with Crippen LogP contribution in [0.25, 0.3) is 0 Å². The summed E-state index contributed by atoms with van der Waals surface area (Å²) in [5, 5.41) is 0.483. The van der Waals surface area contributed by atoms with E-state index in [4.69, 9.17) is 16.3 Å². The van der Waals surface area contributed by atoms with Crippen LogP contribution in [0.5, 0.6) is 0 Å². The monoisotopic (exact) mass is 285 g/mol. The molecule has 0 radical (unpaired) electrons. The second kappa shape index (κ2) is 3.84. The van der Waals surface area contributed by atoms with Crippen molar-refractivity contribution in [2.24, 2.45) is 0 Å². The van der Waals surface area contributed by atoms with Crippen LogP contribution in [-0.2, 0) is 4.74 Å². The molecule has 1 amide bonds. The molecule has 0 bridgehead atoms. The van der Waals surface area contributed by atoms with E-state index in [9.17, 15) is 9.59 Å². The van der Waals surface area contributed by atoms with Gasteiger partial charge in [0, 0.05) is 10.6 Å². The molecule has 0 unspecified atom stereocenters. The van der Waals surface area contributed by atoms with Crippen molar-refractivity contribution in [2.75, 3.05) is 4.90 Å². The van der Waals surface area contributed by atoms with Crippen molar-refractivity contribution < 1.29 is 14.3 Å². The molecule has 2 aromatic rings. The summed E-state index contributed by atoms with van der Waals surface area (Å²) in [7, 11) is 0. The second-order valence-corrected chi connectivity index (χ2v) is 5.12. The summed E-state index contributed by atoms with van der Waals surface area (Å²) < 4.78 is 5.40. The standard InChI is InChI=1S/C15H8ClNO3/c16-8-5-6-9-11(7-8)13(18)17-12-4-2-1-3-10(12)15(19)20-14(9)17/h1-7,14H/t14-/m1/s1. The minimum absolute atomic E-state index is 0.201. The molecule has 2 heterocycles. The number of esters is 1. The molecule has 0 N–H and O–H groups in total. The summed E-state index contributed by atoms with van der Waals surface area (Å²) in [4.78, 5) is 26.1. The molecule has 0 aromatic heterocycles. The lowest BCUT2D eigenvalue weighted by molar-refractivity contribution is 0.0273. The van der Waals surface area contributed by atoms with Crippen LogP contribution < -0.4 is 4.90 Å². The predicted molar refractivity (Wildman–Crippen MR) is 72.9 cm³/mol. The number of anilines is 1. The van der Waals surface area contributed by atoms with Crippen LogP contribution in [0.2, 0.25) is 5.02 Å². The first-order valence-corrected chi connectivity index (χ1v) is 6.47. The number of carbonyl (C=O) groups excluding carboxylic acids is 2. The molecule has 20 heavy (non-hydrogen) atoms. The third-order valence-corrected chi connectivity index (χ3v) is 3.80. The largest absolute Gasteiger partial charge is 0.433 e. The van der Waals surface area contributed by atoms with E-state index in [1.807, 2.05) is 0 Å². The van der Waals surface area contributed by atoms with Crippen LogP contribution in [0.4, 0.5) is 5.69 Å². The lowest BCUT2D eigenvalue weighted by Gasteiger charge is -2.31. The number of rotatable bonds is 0. The van der Waals surface area contributed by atoms with Crippen molar-refractivity contribution in [3.8, 4) is 0 Å². The van der Waals surface area contributed by atoms with E-state index in [1.54, 1.807) is 42.5 Å². The Morgan fingerprint density at radius 1 is 1.05 bits per heavy atom. The molecule has 4 nitrogen and oxygen atoms in total. The van der Waals surface area contributed by atoms with E-state index in [0.717, 1.165) is 0 Å². The molecule has 98 valence electrons. The molecule has 0 fully saturated rings. The van der Waals surface area contributed by atoms with Crippen LogP contribution in [0.3, 0.4) is 0 Å². The second-order valence-electron chi connectivity index (χ2n) is 4.68. The van der Waals surface area contributed by atoms with Crippen molar-refractivity contribution >= 4 is 29.2 Å². The minimum atomic E-state index is -0.697. The highest BCUT2D eigenvalue weighted by Crippen LogP contribution is 2.43. The van der Waals surface area contributed by atoms with Crippen molar-refractivity contribution in [1.29, 1.82) is 0 Å². The number of ether oxygens (including phenoxy) is 1. The maximum Gasteiger partial charge on any atom is 0.342 e. The summed E-state index contributed by atoms with van der Waals surface area (Å²) in [6.07, 6.45) is -0.697. The van der Waals surface area contributed by atoms with Gasteiger partial charge in [0.15, 0.2) is 0 Å². The van der Waals surface area contributed by atoms with Gasteiger partial charge in [0.1, 0.15) is 0 Å². The first kappa shape index (κ1) is 11.5. The molecule has 0 saturated carbocycles. The van der Waals surface area contributed by atoms with Gasteiger partial charge < -0.3 is 4.74 Å². The van der Waals surface area contributed by atoms with Crippen LogP contribution in [0.1, 0.15) is 32.5 Å². The van der Waals surface area contributed by atoms with Gasteiger partial charge in [-0.3, -0.25) is 9.69 Å². The van der Waals surface area contributed by atoms with Crippen molar-refractivity contribution in [2.45, 2.75) is 6.23 Å². The van der Waals surface area contributed by atoms with Gasteiger partial charge >= 0.3 is 5.97 Å². The van der Waals surface area contributed by atoms with Crippen molar-refractivity contribution in [1.82, 2.24) is 0 Å². The fraction of sp³-hybridized carbons (Fsp3) is 0.0667. The lowest BCUT2D eigenvalue weighted by atomic mass is 10.1. The summed E-state index contributed by atoms with van der Waals surface area (Å²) in [5.74, 6) is -0.620. The molecule has 2 aromatic carbocycles. The highest BCUT2D eigenvalue weighted by atomic mass is 35.5. The first-order valence-electron chi connectivity index (χ1n) is 6.10. The van der Waals surface area contributed by atoms with Crippen molar-refractivity contribution in [3.05, 3.63) is 64.2 Å². The molecular formula is C15H8ClNO3. The van der Waals surface area contributed by atoms with Crippen LogP contribution in [0.15, 0.2) is 42.5 Å². The number of halogens is 1. The predicted octanol–water partition coefficient (Wildman–Crippen LogP) is 3.17. The van der Waals surface area contributed by atoms with Gasteiger partial charge in [-0.2, -0.15) is 0 Å². The first-order chi connectivity index (χ1) is 9.66. The van der Waals surface area contributed by atoms with E-state index >= 15 is 0 Å². The zero-order valence-corrected chi connectivity index (χ0v) is 10.9. The number of benzene rings is 2. The van der Waals surface area contributed by atoms with Crippen LogP contribution in [0, 0.1) is 0 Å². The van der Waals surface area contributed by atoms with Gasteiger partial charge in [0.05, 0.1) is 16.8 Å². The maximum absolute atomic E-state index is 12.5. The number of hydrogen-bond donors (Lipinski definition) is 0. The van der Waals surface area contributed by atoms with Crippen LogP contribution in [-0.4, -0.2) is 11.9 Å². The summed E-state index contributed by atoms with van der Waals surface area (Å²) >= 11 is 5.94. The number of hydrogen-bond acceptors (Lipinski definition) is 3. The molecule has 0 aliphatic carbocycles. The Morgan fingerprint density at radius 2 is 1.85 bits per heavy atom. The number of amides is 1. The average Bonchev–Trinajstić information content (AvgIpc) is 2.72. The van der Waals surface area contributed by atoms with Gasteiger partial charge in [-0.05, 0) is 24.3 Å². The third-order valence-electron chi connectivity index (χ3n) is 3.57. The number of para-hydroxylation sites is 1. The van der Waals surface area contributed by atoms with E-state index in [1.165, 1.54) is 4.90 Å². The topological polar surface area (TPSA) is 46.6 Å². The molecule has 4 rings (SSSR count). The van der Waals surface area contributed by atoms with Gasteiger partial charge in [0.25, 0.3) is 5.91 Å². The Kier molecular flexibility index (Phi) is 2.20. The minimum Gasteiger partial charge on any atom is -0.433 e. The zero-order valence-electron chi connectivity index (χ0n) is 10.2. The number of nitrogens with zero attached hydrogens (tertiary/aromatic N) is 1. The quantitative estimate of drug-likeness (QED) is 0.699. The SMILES string of the molecule is O=C1O[C@@H]2c3ccc(Cl)cc3C(=O)N2c2ccccc21. The van der Waals surface area contributed by atoms with Gasteiger partial charge in [-0.15, -0.1) is 0 Å². The summed E-state index contributed by atoms with van der Waals surface area (Å²) in [6.45, 7) is 0. The fourth-order valence-corrected chi connectivity index (χ4v) is 2.85. The van der Waals surface area contributed by atoms with E-state index < -0.39 is 12.2 Å². The molecule has 0 saturated heterocycles. The summed E-state index contributed by atoms with van der Waals surface area (Å²) in [6, 6.07) is 11.9. The Labute approximate surface area is 119 Å². The highest BCUT2D eigenvalue weighted by Gasteiger charge is 2.44. The molecule has 0 spiro atoms. The Morgan fingerprint density at radius 3 is 2.70 bits per heavy atom. The fourth-order valence-electron chi connectivity index (χ4n) is 2.68. The Hall–Kier alpha value is -2.33. The van der Waals surface area contributed by atoms with Gasteiger partial charge in [-0.25, -0.2) is 4.79 Å². The van der Waals surface area contributed by atoms with E-state index in [-0.39, 0.29) is 5.91 Å². The maximum atomic E-state index is 12.5. The zero-order chi connectivity index (χ0) is 13.9. The highest BCUT2D eigenvalue weighted by molar-refractivity contribution is 6.31. The third kappa shape index (κ3) is 1.37. The van der Waals surface area contributed by atoms with Crippen molar-refractivity contribution in [3.63, 3.8) is 0 Å².